The van der Waals surface area contributed by atoms with Crippen molar-refractivity contribution in [3.8, 4) is 17.5 Å². The van der Waals surface area contributed by atoms with Gasteiger partial charge in [-0.2, -0.15) is 4.98 Å². The Morgan fingerprint density at radius 2 is 2.20 bits per heavy atom. The van der Waals surface area contributed by atoms with E-state index in [1.54, 1.807) is 18.2 Å². The molecule has 0 aliphatic carbocycles. The number of aromatic nitrogens is 2. The third-order valence-electron chi connectivity index (χ3n) is 2.46. The number of rotatable bonds is 5. The van der Waals surface area contributed by atoms with Gasteiger partial charge in [-0.3, -0.25) is 0 Å². The van der Waals surface area contributed by atoms with Gasteiger partial charge in [0.15, 0.2) is 23.1 Å². The Hall–Kier alpha value is -2.28. The Morgan fingerprint density at radius 1 is 1.40 bits per heavy atom. The number of methoxy groups -OCH3 is 1. The molecule has 1 aromatic heterocycles. The smallest absolute Gasteiger partial charge is 0.318 e. The fourth-order valence-electron chi connectivity index (χ4n) is 1.50. The number of nitrogens with two attached hydrogens (primary N) is 1. The lowest BCUT2D eigenvalue weighted by Crippen LogP contribution is -2.04. The average molecular weight is 300 g/mol. The van der Waals surface area contributed by atoms with Crippen molar-refractivity contribution in [2.24, 2.45) is 0 Å². The highest BCUT2D eigenvalue weighted by molar-refractivity contribution is 6.09. The summed E-state index contributed by atoms with van der Waals surface area (Å²) in [7, 11) is 1.49. The number of nitrogen functional groups attached to an aromatic ring is 1. The molecule has 0 spiro atoms. The Kier molecular flexibility index (Phi) is 4.41. The lowest BCUT2D eigenvalue weighted by atomic mass is 10.2. The number of hydrogen-bond donors (Lipinski definition) is 1. The fourth-order valence-corrected chi connectivity index (χ4v) is 1.67. The normalized spacial score (nSPS) is 10.2. The van der Waals surface area contributed by atoms with Crippen LogP contribution in [0.2, 0.25) is 0 Å². The van der Waals surface area contributed by atoms with E-state index in [0.29, 0.717) is 17.1 Å². The predicted octanol–water partition coefficient (Wildman–Crippen LogP) is 2.32. The summed E-state index contributed by atoms with van der Waals surface area (Å²) in [5, 5.41) is 0. The van der Waals surface area contributed by atoms with Crippen LogP contribution < -0.4 is 19.5 Å². The summed E-state index contributed by atoms with van der Waals surface area (Å²) in [5.74, 6) is -0.203. The zero-order chi connectivity index (χ0) is 14.5. The van der Waals surface area contributed by atoms with Crippen molar-refractivity contribution in [1.82, 2.24) is 9.97 Å². The van der Waals surface area contributed by atoms with E-state index in [4.69, 9.17) is 31.4 Å². The first-order valence-electron chi connectivity index (χ1n) is 5.51. The molecule has 0 fully saturated rings. The molecular formula is C12H11ClFN3O3. The minimum atomic E-state index is -0.705. The van der Waals surface area contributed by atoms with E-state index < -0.39 is 5.82 Å². The molecule has 1 heterocycles. The topological polar surface area (TPSA) is 79.5 Å². The Morgan fingerprint density at radius 3 is 2.85 bits per heavy atom. The number of ether oxygens (including phenoxy) is 2. The van der Waals surface area contributed by atoms with Crippen LogP contribution in [0.1, 0.15) is 5.56 Å². The van der Waals surface area contributed by atoms with Gasteiger partial charge < -0.3 is 19.5 Å². The lowest BCUT2D eigenvalue weighted by molar-refractivity contribution is 0.275. The molecule has 0 saturated carbocycles. The van der Waals surface area contributed by atoms with E-state index in [0.717, 1.165) is 6.20 Å². The third kappa shape index (κ3) is 3.00. The predicted molar refractivity (Wildman–Crippen MR) is 70.2 cm³/mol. The monoisotopic (exact) mass is 299 g/mol. The summed E-state index contributed by atoms with van der Waals surface area (Å²) >= 11 is 5.41. The van der Waals surface area contributed by atoms with Crippen LogP contribution >= 0.6 is 11.9 Å². The molecule has 8 heteroatoms. The molecule has 0 radical (unpaired) electrons. The minimum Gasteiger partial charge on any atom is -0.493 e. The van der Waals surface area contributed by atoms with Gasteiger partial charge in [-0.1, -0.05) is 12.1 Å². The Bertz CT molecular complexity index is 612. The van der Waals surface area contributed by atoms with Crippen LogP contribution in [0.5, 0.6) is 17.5 Å². The van der Waals surface area contributed by atoms with Crippen LogP contribution in [-0.4, -0.2) is 17.1 Å². The maximum atomic E-state index is 12.9. The largest absolute Gasteiger partial charge is 0.493 e. The maximum Gasteiger partial charge on any atom is 0.318 e. The van der Waals surface area contributed by atoms with E-state index >= 15 is 0 Å². The molecule has 0 aliphatic rings. The van der Waals surface area contributed by atoms with Crippen LogP contribution in [0, 0.1) is 5.82 Å². The molecule has 0 bridgehead atoms. The van der Waals surface area contributed by atoms with Crippen molar-refractivity contribution >= 4 is 17.7 Å². The van der Waals surface area contributed by atoms with Crippen LogP contribution in [0.15, 0.2) is 24.4 Å². The molecule has 1 aromatic carbocycles. The van der Waals surface area contributed by atoms with Gasteiger partial charge in [-0.25, -0.2) is 9.37 Å². The second kappa shape index (κ2) is 6.25. The quantitative estimate of drug-likeness (QED) is 0.912. The minimum absolute atomic E-state index is 0.0488. The summed E-state index contributed by atoms with van der Waals surface area (Å²) in [4.78, 5) is 7.31. The maximum absolute atomic E-state index is 12.9. The summed E-state index contributed by atoms with van der Waals surface area (Å²) in [6, 6.07) is 5.12. The SMILES string of the molecule is COc1cccc(COc2ncc(F)c(N)n2)c1OCl. The number of anilines is 1. The van der Waals surface area contributed by atoms with E-state index in [-0.39, 0.29) is 18.4 Å². The summed E-state index contributed by atoms with van der Waals surface area (Å²) in [6.07, 6.45) is 0.933. The molecule has 2 N–H and O–H groups in total. The van der Waals surface area contributed by atoms with Crippen molar-refractivity contribution in [3.05, 3.63) is 35.8 Å². The van der Waals surface area contributed by atoms with E-state index in [9.17, 15) is 4.39 Å². The lowest BCUT2D eigenvalue weighted by Gasteiger charge is -2.11. The molecule has 0 saturated heterocycles. The molecule has 0 aliphatic heterocycles. The number of nitrogens with zero attached hydrogens (tertiary/aromatic N) is 2. The van der Waals surface area contributed by atoms with Gasteiger partial charge >= 0.3 is 6.01 Å². The van der Waals surface area contributed by atoms with E-state index in [2.05, 4.69) is 9.97 Å². The van der Waals surface area contributed by atoms with Gasteiger partial charge in [-0.05, 0) is 6.07 Å². The summed E-state index contributed by atoms with van der Waals surface area (Å²) in [6.45, 7) is 0.0598. The number of benzene rings is 1. The van der Waals surface area contributed by atoms with Gasteiger partial charge in [-0.15, -0.1) is 0 Å². The molecule has 2 rings (SSSR count). The number of hydrogen-bond acceptors (Lipinski definition) is 6. The second-order valence-corrected chi connectivity index (χ2v) is 3.85. The fraction of sp³-hybridized carbons (Fsp3) is 0.167. The molecule has 6 nitrogen and oxygen atoms in total. The van der Waals surface area contributed by atoms with Crippen LogP contribution in [0.25, 0.3) is 0 Å². The Labute approximate surface area is 119 Å². The molecular weight excluding hydrogens is 289 g/mol. The Balaban J connectivity index is 2.16. The standard InChI is InChI=1S/C12H11ClFN3O3/c1-18-9-4-2-3-7(10(9)20-13)6-19-12-16-5-8(14)11(15)17-12/h2-5H,6H2,1H3,(H2,15,16,17). The molecule has 0 unspecified atom stereocenters. The summed E-state index contributed by atoms with van der Waals surface area (Å²) < 4.78 is 28.1. The van der Waals surface area contributed by atoms with Gasteiger partial charge in [0, 0.05) is 5.56 Å². The highest BCUT2D eigenvalue weighted by Crippen LogP contribution is 2.32. The van der Waals surface area contributed by atoms with E-state index in [1.165, 1.54) is 7.11 Å². The van der Waals surface area contributed by atoms with Crippen molar-refractivity contribution in [1.29, 1.82) is 0 Å². The van der Waals surface area contributed by atoms with Crippen LogP contribution in [-0.2, 0) is 6.61 Å². The van der Waals surface area contributed by atoms with Gasteiger partial charge in [0.1, 0.15) is 18.5 Å². The highest BCUT2D eigenvalue weighted by atomic mass is 35.5. The molecule has 2 aromatic rings. The van der Waals surface area contributed by atoms with Gasteiger partial charge in [0.05, 0.1) is 13.3 Å². The first-order chi connectivity index (χ1) is 9.65. The number of halogens is 2. The van der Waals surface area contributed by atoms with E-state index in [1.807, 2.05) is 0 Å². The van der Waals surface area contributed by atoms with Gasteiger partial charge in [0.25, 0.3) is 0 Å². The molecule has 106 valence electrons. The van der Waals surface area contributed by atoms with Crippen LogP contribution in [0.3, 0.4) is 0 Å². The highest BCUT2D eigenvalue weighted by Gasteiger charge is 2.12. The first kappa shape index (κ1) is 14.1. The average Bonchev–Trinajstić information content (AvgIpc) is 2.47. The van der Waals surface area contributed by atoms with Gasteiger partial charge in [0.2, 0.25) is 0 Å². The molecule has 0 atom stereocenters. The first-order valence-corrected chi connectivity index (χ1v) is 5.82. The van der Waals surface area contributed by atoms with Crippen LogP contribution in [0.4, 0.5) is 10.2 Å². The zero-order valence-corrected chi connectivity index (χ0v) is 11.2. The third-order valence-corrected chi connectivity index (χ3v) is 2.62. The van der Waals surface area contributed by atoms with Crippen molar-refractivity contribution in [3.63, 3.8) is 0 Å². The van der Waals surface area contributed by atoms with Crippen molar-refractivity contribution in [2.45, 2.75) is 6.61 Å². The van der Waals surface area contributed by atoms with Crippen molar-refractivity contribution < 1.29 is 18.2 Å². The summed E-state index contributed by atoms with van der Waals surface area (Å²) in [5.41, 5.74) is 5.94. The second-order valence-electron chi connectivity index (χ2n) is 3.70. The van der Waals surface area contributed by atoms with Crippen molar-refractivity contribution in [2.75, 3.05) is 12.8 Å². The molecule has 0 amide bonds. The number of para-hydroxylation sites is 1. The zero-order valence-electron chi connectivity index (χ0n) is 10.5. The molecule has 20 heavy (non-hydrogen) atoms.